The lowest BCUT2D eigenvalue weighted by Crippen LogP contribution is -2.55. The van der Waals surface area contributed by atoms with Crippen molar-refractivity contribution in [2.24, 2.45) is 5.41 Å². The smallest absolute Gasteiger partial charge is 0.286 e. The van der Waals surface area contributed by atoms with E-state index in [9.17, 15) is 38.9 Å². The highest BCUT2D eigenvalue weighted by Gasteiger charge is 2.62. The maximum atomic E-state index is 13.0. The first-order chi connectivity index (χ1) is 26.8. The van der Waals surface area contributed by atoms with Crippen LogP contribution in [0.25, 0.3) is 5.57 Å². The van der Waals surface area contributed by atoms with Crippen LogP contribution >= 0.6 is 12.0 Å². The van der Waals surface area contributed by atoms with E-state index in [4.69, 9.17) is 9.59 Å². The van der Waals surface area contributed by atoms with Gasteiger partial charge in [0.05, 0.1) is 34.7 Å². The van der Waals surface area contributed by atoms with Crippen molar-refractivity contribution in [3.8, 4) is 0 Å². The van der Waals surface area contributed by atoms with Gasteiger partial charge in [0.2, 0.25) is 5.37 Å². The van der Waals surface area contributed by atoms with E-state index in [1.807, 2.05) is 50.3 Å². The summed E-state index contributed by atoms with van der Waals surface area (Å²) < 4.78 is 108. The van der Waals surface area contributed by atoms with Crippen LogP contribution in [0.3, 0.4) is 0 Å². The number of rotatable bonds is 13. The molecular weight excluding hydrogens is 827 g/mol. The van der Waals surface area contributed by atoms with Gasteiger partial charge < -0.3 is 0 Å². The summed E-state index contributed by atoms with van der Waals surface area (Å²) in [5.41, 5.74) is 6.66. The van der Waals surface area contributed by atoms with Crippen LogP contribution < -0.4 is 4.48 Å². The Balaban J connectivity index is 1.42. The molecule has 316 valence electrons. The molecule has 2 unspecified atom stereocenters. The molecule has 1 spiro atoms. The zero-order chi connectivity index (χ0) is 42.7. The lowest BCUT2D eigenvalue weighted by molar-refractivity contribution is -0.432. The summed E-state index contributed by atoms with van der Waals surface area (Å²) >= 11 is 0.871. The predicted molar refractivity (Wildman–Crippen MR) is 224 cm³/mol. The van der Waals surface area contributed by atoms with E-state index >= 15 is 0 Å². The fourth-order valence-electron chi connectivity index (χ4n) is 9.80. The highest BCUT2D eigenvalue weighted by atomic mass is 32.2. The van der Waals surface area contributed by atoms with Crippen LogP contribution in [0, 0.1) is 5.41 Å². The first-order valence-corrected chi connectivity index (χ1v) is 24.4. The minimum Gasteiger partial charge on any atom is -0.286 e. The number of hydrogen-bond donors (Lipinski definition) is 4. The van der Waals surface area contributed by atoms with Gasteiger partial charge in [-0.1, -0.05) is 63.1 Å². The third-order valence-corrected chi connectivity index (χ3v) is 15.6. The summed E-state index contributed by atoms with van der Waals surface area (Å²) in [6, 6.07) is 10.1. The number of fused-ring (bicyclic) bond motifs is 3. The average molecular weight is 879 g/mol. The lowest BCUT2D eigenvalue weighted by atomic mass is 9.73. The van der Waals surface area contributed by atoms with E-state index in [2.05, 4.69) is 44.9 Å². The minimum absolute atomic E-state index is 0.140. The molecule has 2 atom stereocenters. The van der Waals surface area contributed by atoms with Crippen molar-refractivity contribution in [2.75, 3.05) is 12.3 Å². The number of quaternary nitrogens is 1. The summed E-state index contributed by atoms with van der Waals surface area (Å²) in [6.45, 7) is 12.8. The molecule has 1 saturated heterocycles. The van der Waals surface area contributed by atoms with Gasteiger partial charge in [-0.2, -0.15) is 25.3 Å². The van der Waals surface area contributed by atoms with E-state index in [0.717, 1.165) is 58.3 Å². The summed E-state index contributed by atoms with van der Waals surface area (Å²) in [5, 5.41) is 11.4. The first-order valence-electron chi connectivity index (χ1n) is 19.1. The van der Waals surface area contributed by atoms with E-state index in [1.165, 1.54) is 12.1 Å². The molecule has 2 aliphatic carbocycles. The van der Waals surface area contributed by atoms with Crippen molar-refractivity contribution in [1.82, 2.24) is 4.48 Å². The largest absolute Gasteiger partial charge is 0.320 e. The molecule has 6 rings (SSSR count). The van der Waals surface area contributed by atoms with Crippen LogP contribution in [0.15, 0.2) is 99.0 Å². The Hall–Kier alpha value is -2.94. The van der Waals surface area contributed by atoms with Crippen molar-refractivity contribution < 1.29 is 53.5 Å². The van der Waals surface area contributed by atoms with Gasteiger partial charge in [0.25, 0.3) is 20.2 Å². The number of nitrogens with zero attached hydrogens (tertiary/aromatic N) is 1. The summed E-state index contributed by atoms with van der Waals surface area (Å²) in [6.07, 6.45) is 13.8. The molecule has 13 nitrogen and oxygen atoms in total. The van der Waals surface area contributed by atoms with Crippen molar-refractivity contribution in [3.05, 3.63) is 106 Å². The van der Waals surface area contributed by atoms with E-state index in [1.54, 1.807) is 6.07 Å². The third-order valence-electron chi connectivity index (χ3n) is 12.1. The van der Waals surface area contributed by atoms with Gasteiger partial charge >= 0.3 is 10.1 Å². The van der Waals surface area contributed by atoms with Crippen molar-refractivity contribution in [3.63, 3.8) is 0 Å². The molecule has 4 N–H and O–H groups in total. The zero-order valence-corrected chi connectivity index (χ0v) is 36.7. The van der Waals surface area contributed by atoms with E-state index < -0.39 is 46.6 Å². The van der Waals surface area contributed by atoms with Crippen molar-refractivity contribution in [2.45, 2.75) is 112 Å². The highest BCUT2D eigenvalue weighted by molar-refractivity contribution is 7.94. The molecule has 58 heavy (non-hydrogen) atoms. The molecule has 2 heterocycles. The lowest BCUT2D eigenvalue weighted by Gasteiger charge is -2.37. The van der Waals surface area contributed by atoms with Crippen LogP contribution in [-0.4, -0.2) is 61.8 Å². The molecule has 2 aromatic carbocycles. The number of unbranched alkanes of at least 4 members (excludes halogenated alkanes) is 1. The van der Waals surface area contributed by atoms with E-state index in [0.29, 0.717) is 54.1 Å². The minimum atomic E-state index is -4.54. The molecule has 4 aliphatic rings. The molecule has 2 aromatic rings. The van der Waals surface area contributed by atoms with Gasteiger partial charge in [-0.3, -0.25) is 13.7 Å². The fraction of sp³-hybridized carbons (Fsp3) is 0.463. The zero-order valence-electron chi connectivity index (χ0n) is 33.4. The van der Waals surface area contributed by atoms with Gasteiger partial charge in [-0.15, -0.1) is 4.33 Å². The third kappa shape index (κ3) is 8.77. The Kier molecular flexibility index (Phi) is 12.2. The van der Waals surface area contributed by atoms with Crippen LogP contribution in [0.1, 0.15) is 103 Å². The van der Waals surface area contributed by atoms with Crippen molar-refractivity contribution >= 4 is 53.7 Å². The molecule has 0 radical (unpaired) electrons. The Morgan fingerprint density at radius 3 is 2.28 bits per heavy atom. The Morgan fingerprint density at radius 1 is 0.897 bits per heavy atom. The molecule has 0 bridgehead atoms. The Bertz CT molecular complexity index is 2490. The van der Waals surface area contributed by atoms with Gasteiger partial charge in [-0.05, 0) is 115 Å². The SMILES string of the molecule is CC1(C)CC(C=C/C=C2\C(C)(C)c3cc(S(=O)(=O)O)ccc3[N+]23CCCC3S(=O)(=O)O)=C/C(=C/C2=C(CCCCS(=O)(=O)O)c3ccc(SOOO)cc3C2(C)C)C1. The molecule has 0 amide bonds. The molecule has 0 aromatic heterocycles. The average Bonchev–Trinajstić information content (AvgIpc) is 3.69. The maximum Gasteiger partial charge on any atom is 0.320 e. The van der Waals surface area contributed by atoms with Crippen LogP contribution in [0.5, 0.6) is 0 Å². The monoisotopic (exact) mass is 878 g/mol. The Morgan fingerprint density at radius 2 is 1.62 bits per heavy atom. The molecule has 0 saturated carbocycles. The predicted octanol–water partition coefficient (Wildman–Crippen LogP) is 8.88. The second kappa shape index (κ2) is 15.8. The molecule has 2 aliphatic heterocycles. The number of allylic oxidation sites excluding steroid dienone is 10. The second-order valence-electron chi connectivity index (χ2n) is 17.5. The number of hydrogen-bond acceptors (Lipinski definition) is 10. The second-order valence-corrected chi connectivity index (χ2v) is 22.9. The van der Waals surface area contributed by atoms with Gasteiger partial charge in [0, 0.05) is 34.8 Å². The summed E-state index contributed by atoms with van der Waals surface area (Å²) in [4.78, 5) is 0.425. The first kappa shape index (κ1) is 44.6. The Labute approximate surface area is 346 Å². The number of benzene rings is 2. The van der Waals surface area contributed by atoms with E-state index in [-0.39, 0.29) is 27.0 Å². The quantitative estimate of drug-likeness (QED) is 0.0372. The molecule has 1 fully saturated rings. The van der Waals surface area contributed by atoms with Crippen molar-refractivity contribution in [1.29, 1.82) is 0 Å². The highest BCUT2D eigenvalue weighted by Crippen LogP contribution is 2.58. The van der Waals surface area contributed by atoms with Gasteiger partial charge in [-0.25, -0.2) is 9.74 Å². The van der Waals surface area contributed by atoms with Gasteiger partial charge in [0.15, 0.2) is 0 Å². The van der Waals surface area contributed by atoms with Crippen LogP contribution in [0.4, 0.5) is 5.69 Å². The molecular formula is C41H52NO12S4+. The van der Waals surface area contributed by atoms with Gasteiger partial charge in [0.1, 0.15) is 11.4 Å². The molecule has 17 heteroatoms. The summed E-state index contributed by atoms with van der Waals surface area (Å²) in [5.74, 6) is -0.324. The standard InChI is InChI=1S/C41H51NO12S4/c1-39(2)25-27(11-9-13-37-41(5,6)35-24-30(57(47,48)49)16-18-36(35)42(37)19-10-14-38(42)58(50,51)52)21-28(26-39)22-33-31(12-7-8-20-56(44,45)46)32-17-15-29(55-54-53-43)23-34(32)40(33,3)4/h9,11,13,15-18,21-24,38H,7-8,10,12,14,19-20,25-26H2,1-6H3,(H3-,43,44,45,46,47,48,49,50,51,52)/p+1/b11-9?,28-22-,37-13+. The van der Waals surface area contributed by atoms with Crippen LogP contribution in [-0.2, 0) is 50.6 Å². The normalized spacial score (nSPS) is 25.3. The summed E-state index contributed by atoms with van der Waals surface area (Å²) in [7, 11) is -13.2. The maximum absolute atomic E-state index is 13.0. The fourth-order valence-corrected chi connectivity index (χ4v) is 12.5. The van der Waals surface area contributed by atoms with Crippen LogP contribution in [0.2, 0.25) is 0 Å². The topological polar surface area (TPSA) is 202 Å².